The highest BCUT2D eigenvalue weighted by Crippen LogP contribution is 2.33. The number of alkyl halides is 3. The second kappa shape index (κ2) is 10.0. The van der Waals surface area contributed by atoms with Gasteiger partial charge in [-0.2, -0.15) is 13.2 Å². The minimum absolute atomic E-state index is 0.0341. The predicted molar refractivity (Wildman–Crippen MR) is 106 cm³/mol. The van der Waals surface area contributed by atoms with E-state index in [1.165, 1.54) is 19.2 Å². The SMILES string of the molecule is COCC(=O)N(Cc1cccnc1)C1CCCN(Cc2ccccc2C(F)(F)F)C1. The highest BCUT2D eigenvalue weighted by atomic mass is 19.4. The summed E-state index contributed by atoms with van der Waals surface area (Å²) in [5.74, 6) is -0.135. The summed E-state index contributed by atoms with van der Waals surface area (Å²) in [6, 6.07) is 9.30. The number of methoxy groups -OCH3 is 1. The summed E-state index contributed by atoms with van der Waals surface area (Å²) in [7, 11) is 1.47. The maximum absolute atomic E-state index is 13.3. The Hall–Kier alpha value is -2.45. The zero-order valence-corrected chi connectivity index (χ0v) is 16.9. The first kappa shape index (κ1) is 22.2. The molecule has 0 saturated carbocycles. The number of nitrogens with zero attached hydrogens (tertiary/aromatic N) is 3. The fourth-order valence-corrected chi connectivity index (χ4v) is 3.92. The summed E-state index contributed by atoms with van der Waals surface area (Å²) >= 11 is 0. The molecule has 0 radical (unpaired) electrons. The van der Waals surface area contributed by atoms with Crippen molar-refractivity contribution in [1.82, 2.24) is 14.8 Å². The number of ether oxygens (including phenoxy) is 1. The highest BCUT2D eigenvalue weighted by molar-refractivity contribution is 5.77. The summed E-state index contributed by atoms with van der Waals surface area (Å²) in [5.41, 5.74) is 0.559. The molecule has 162 valence electrons. The molecule has 1 saturated heterocycles. The molecule has 1 aliphatic rings. The van der Waals surface area contributed by atoms with Crippen molar-refractivity contribution in [2.24, 2.45) is 0 Å². The van der Waals surface area contributed by atoms with Gasteiger partial charge in [0.05, 0.1) is 5.56 Å². The van der Waals surface area contributed by atoms with Crippen molar-refractivity contribution < 1.29 is 22.7 Å². The van der Waals surface area contributed by atoms with E-state index in [2.05, 4.69) is 4.98 Å². The number of rotatable bonds is 7. The van der Waals surface area contributed by atoms with Crippen LogP contribution in [0.5, 0.6) is 0 Å². The van der Waals surface area contributed by atoms with Gasteiger partial charge in [0, 0.05) is 45.2 Å². The van der Waals surface area contributed by atoms with Crippen molar-refractivity contribution in [2.75, 3.05) is 26.8 Å². The molecular formula is C22H26F3N3O2. The van der Waals surface area contributed by atoms with Gasteiger partial charge in [0.2, 0.25) is 5.91 Å². The molecule has 1 unspecified atom stereocenters. The average Bonchev–Trinajstić information content (AvgIpc) is 2.73. The fourth-order valence-electron chi connectivity index (χ4n) is 3.92. The molecular weight excluding hydrogens is 395 g/mol. The van der Waals surface area contributed by atoms with Gasteiger partial charge in [0.25, 0.3) is 0 Å². The number of carbonyl (C=O) groups excluding carboxylic acids is 1. The first-order chi connectivity index (χ1) is 14.4. The van der Waals surface area contributed by atoms with Crippen LogP contribution in [0.3, 0.4) is 0 Å². The van der Waals surface area contributed by atoms with Crippen LogP contribution in [0, 0.1) is 0 Å². The van der Waals surface area contributed by atoms with Crippen molar-refractivity contribution in [1.29, 1.82) is 0 Å². The molecule has 3 rings (SSSR count). The molecule has 2 heterocycles. The summed E-state index contributed by atoms with van der Waals surface area (Å²) in [4.78, 5) is 20.6. The minimum Gasteiger partial charge on any atom is -0.375 e. The maximum Gasteiger partial charge on any atom is 0.416 e. The normalized spacial score (nSPS) is 17.7. The van der Waals surface area contributed by atoms with Crippen molar-refractivity contribution in [3.8, 4) is 0 Å². The van der Waals surface area contributed by atoms with Gasteiger partial charge in [-0.1, -0.05) is 24.3 Å². The molecule has 5 nitrogen and oxygen atoms in total. The van der Waals surface area contributed by atoms with Crippen LogP contribution < -0.4 is 0 Å². The predicted octanol–water partition coefficient (Wildman–Crippen LogP) is 3.74. The van der Waals surface area contributed by atoms with Gasteiger partial charge in [0.1, 0.15) is 6.61 Å². The third-order valence-corrected chi connectivity index (χ3v) is 5.30. The molecule has 2 aromatic rings. The van der Waals surface area contributed by atoms with Gasteiger partial charge in [-0.25, -0.2) is 0 Å². The highest BCUT2D eigenvalue weighted by Gasteiger charge is 2.34. The van der Waals surface area contributed by atoms with Crippen LogP contribution in [-0.2, 0) is 28.8 Å². The van der Waals surface area contributed by atoms with Crippen LogP contribution in [-0.4, -0.2) is 53.5 Å². The number of halogens is 3. The lowest BCUT2D eigenvalue weighted by atomic mass is 10.0. The van der Waals surface area contributed by atoms with Crippen molar-refractivity contribution in [2.45, 2.75) is 38.1 Å². The van der Waals surface area contributed by atoms with E-state index in [1.807, 2.05) is 17.0 Å². The topological polar surface area (TPSA) is 45.7 Å². The molecule has 1 aromatic carbocycles. The Bertz CT molecular complexity index is 830. The van der Waals surface area contributed by atoms with E-state index in [4.69, 9.17) is 4.74 Å². The van der Waals surface area contributed by atoms with E-state index >= 15 is 0 Å². The molecule has 8 heteroatoms. The quantitative estimate of drug-likeness (QED) is 0.683. The monoisotopic (exact) mass is 421 g/mol. The third kappa shape index (κ3) is 5.79. The van der Waals surface area contributed by atoms with Crippen LogP contribution in [0.4, 0.5) is 13.2 Å². The molecule has 1 aliphatic heterocycles. The van der Waals surface area contributed by atoms with Crippen LogP contribution in [0.2, 0.25) is 0 Å². The van der Waals surface area contributed by atoms with E-state index in [0.717, 1.165) is 24.5 Å². The van der Waals surface area contributed by atoms with Crippen LogP contribution in [0.15, 0.2) is 48.8 Å². The van der Waals surface area contributed by atoms with E-state index in [9.17, 15) is 18.0 Å². The summed E-state index contributed by atoms with van der Waals surface area (Å²) in [6.45, 7) is 1.77. The Morgan fingerprint density at radius 3 is 2.77 bits per heavy atom. The van der Waals surface area contributed by atoms with Crippen LogP contribution in [0.1, 0.15) is 29.5 Å². The number of piperidine rings is 1. The van der Waals surface area contributed by atoms with E-state index in [0.29, 0.717) is 19.6 Å². The molecule has 0 spiro atoms. The number of likely N-dealkylation sites (tertiary alicyclic amines) is 1. The number of pyridine rings is 1. The maximum atomic E-state index is 13.3. The lowest BCUT2D eigenvalue weighted by Crippen LogP contribution is -2.50. The number of aromatic nitrogens is 1. The molecule has 1 amide bonds. The Kier molecular flexibility index (Phi) is 7.44. The van der Waals surface area contributed by atoms with Gasteiger partial charge in [-0.15, -0.1) is 0 Å². The van der Waals surface area contributed by atoms with Crippen molar-refractivity contribution >= 4 is 5.91 Å². The summed E-state index contributed by atoms with van der Waals surface area (Å²) in [5, 5.41) is 0. The molecule has 1 aromatic heterocycles. The Morgan fingerprint density at radius 2 is 2.07 bits per heavy atom. The van der Waals surface area contributed by atoms with E-state index in [-0.39, 0.29) is 30.7 Å². The fraction of sp³-hybridized carbons (Fsp3) is 0.455. The summed E-state index contributed by atoms with van der Waals surface area (Å²) in [6.07, 6.45) is 0.612. The van der Waals surface area contributed by atoms with Crippen LogP contribution in [0.25, 0.3) is 0 Å². The molecule has 0 N–H and O–H groups in total. The molecule has 1 atom stereocenters. The Balaban J connectivity index is 1.75. The average molecular weight is 421 g/mol. The smallest absolute Gasteiger partial charge is 0.375 e. The Morgan fingerprint density at radius 1 is 1.27 bits per heavy atom. The van der Waals surface area contributed by atoms with Gasteiger partial charge in [-0.3, -0.25) is 14.7 Å². The molecule has 30 heavy (non-hydrogen) atoms. The zero-order valence-electron chi connectivity index (χ0n) is 16.9. The minimum atomic E-state index is -4.38. The molecule has 0 aliphatic carbocycles. The number of benzene rings is 1. The first-order valence-electron chi connectivity index (χ1n) is 9.93. The van der Waals surface area contributed by atoms with Gasteiger partial charge >= 0.3 is 6.18 Å². The number of hydrogen-bond acceptors (Lipinski definition) is 4. The summed E-state index contributed by atoms with van der Waals surface area (Å²) < 4.78 is 45.1. The van der Waals surface area contributed by atoms with E-state index in [1.54, 1.807) is 23.4 Å². The lowest BCUT2D eigenvalue weighted by Gasteiger charge is -2.39. The third-order valence-electron chi connectivity index (χ3n) is 5.30. The number of amides is 1. The lowest BCUT2D eigenvalue weighted by molar-refractivity contribution is -0.139. The standard InChI is InChI=1S/C22H26F3N3O2/c1-30-16-21(29)28(13-17-6-4-10-26-12-17)19-8-5-11-27(15-19)14-18-7-2-3-9-20(18)22(23,24)25/h2-4,6-7,9-10,12,19H,5,8,11,13-16H2,1H3. The number of hydrogen-bond donors (Lipinski definition) is 0. The molecule has 0 bridgehead atoms. The van der Waals surface area contributed by atoms with Crippen molar-refractivity contribution in [3.63, 3.8) is 0 Å². The second-order valence-corrected chi connectivity index (χ2v) is 7.50. The van der Waals surface area contributed by atoms with Gasteiger partial charge in [0.15, 0.2) is 0 Å². The van der Waals surface area contributed by atoms with Crippen molar-refractivity contribution in [3.05, 3.63) is 65.5 Å². The number of carbonyl (C=O) groups is 1. The zero-order chi connectivity index (χ0) is 21.6. The largest absolute Gasteiger partial charge is 0.416 e. The first-order valence-corrected chi connectivity index (χ1v) is 9.93. The second-order valence-electron chi connectivity index (χ2n) is 7.50. The Labute approximate surface area is 174 Å². The van der Waals surface area contributed by atoms with Crippen LogP contribution >= 0.6 is 0 Å². The van der Waals surface area contributed by atoms with E-state index < -0.39 is 11.7 Å². The molecule has 1 fully saturated rings. The van der Waals surface area contributed by atoms with Gasteiger partial charge < -0.3 is 9.64 Å². The van der Waals surface area contributed by atoms with Gasteiger partial charge in [-0.05, 0) is 42.6 Å².